The molecule has 1 aromatic carbocycles. The molecule has 0 aliphatic carbocycles. The number of hydrazine groups is 1. The highest BCUT2D eigenvalue weighted by Crippen LogP contribution is 2.17. The van der Waals surface area contributed by atoms with E-state index < -0.39 is 5.54 Å². The van der Waals surface area contributed by atoms with E-state index in [2.05, 4.69) is 5.43 Å². The Bertz CT molecular complexity index is 615. The molecule has 0 aliphatic heterocycles. The van der Waals surface area contributed by atoms with Crippen LogP contribution in [0.2, 0.25) is 0 Å². The van der Waals surface area contributed by atoms with E-state index in [1.54, 1.807) is 35.7 Å². The molecular weight excluding hydrogens is 284 g/mol. The van der Waals surface area contributed by atoms with Crippen LogP contribution in [0.15, 0.2) is 47.2 Å². The van der Waals surface area contributed by atoms with Gasteiger partial charge in [0.1, 0.15) is 0 Å². The van der Waals surface area contributed by atoms with Gasteiger partial charge in [0, 0.05) is 10.9 Å². The number of carbonyl (C=O) groups is 2. The molecule has 21 heavy (non-hydrogen) atoms. The summed E-state index contributed by atoms with van der Waals surface area (Å²) in [5, 5.41) is 4.99. The van der Waals surface area contributed by atoms with Gasteiger partial charge in [-0.1, -0.05) is 18.2 Å². The first-order valence-corrected chi connectivity index (χ1v) is 7.56. The standard InChI is InChI=1S/C16H18N2O2S/c1-16(2,3)18(15(20)13-9-10-21-11-13)17-14(19)12-7-5-4-6-8-12/h4-11H,1-3H3,(H,17,19). The van der Waals surface area contributed by atoms with Gasteiger partial charge in [-0.25, -0.2) is 5.01 Å². The van der Waals surface area contributed by atoms with Crippen molar-refractivity contribution in [2.75, 3.05) is 0 Å². The molecule has 2 aromatic rings. The Balaban J connectivity index is 2.22. The molecule has 0 unspecified atom stereocenters. The summed E-state index contributed by atoms with van der Waals surface area (Å²) in [4.78, 5) is 24.8. The average Bonchev–Trinajstić information content (AvgIpc) is 2.97. The third-order valence-corrected chi connectivity index (χ3v) is 3.57. The van der Waals surface area contributed by atoms with Crippen molar-refractivity contribution in [3.8, 4) is 0 Å². The molecule has 0 saturated heterocycles. The van der Waals surface area contributed by atoms with E-state index >= 15 is 0 Å². The zero-order valence-electron chi connectivity index (χ0n) is 12.3. The van der Waals surface area contributed by atoms with Gasteiger partial charge in [0.2, 0.25) is 0 Å². The van der Waals surface area contributed by atoms with E-state index in [9.17, 15) is 9.59 Å². The fourth-order valence-electron chi connectivity index (χ4n) is 1.79. The van der Waals surface area contributed by atoms with Crippen molar-refractivity contribution in [2.24, 2.45) is 0 Å². The molecule has 110 valence electrons. The molecule has 0 spiro atoms. The molecule has 4 nitrogen and oxygen atoms in total. The average molecular weight is 302 g/mol. The highest BCUT2D eigenvalue weighted by molar-refractivity contribution is 7.08. The van der Waals surface area contributed by atoms with Gasteiger partial charge in [-0.3, -0.25) is 15.0 Å². The lowest BCUT2D eigenvalue weighted by molar-refractivity contribution is 0.0359. The number of amides is 2. The van der Waals surface area contributed by atoms with E-state index in [-0.39, 0.29) is 11.8 Å². The predicted octanol–water partition coefficient (Wildman–Crippen LogP) is 3.33. The molecule has 0 fully saturated rings. The fraction of sp³-hybridized carbons (Fsp3) is 0.250. The minimum atomic E-state index is -0.524. The maximum Gasteiger partial charge on any atom is 0.273 e. The summed E-state index contributed by atoms with van der Waals surface area (Å²) >= 11 is 1.45. The van der Waals surface area contributed by atoms with E-state index in [1.165, 1.54) is 16.3 Å². The number of carbonyl (C=O) groups excluding carboxylic acids is 2. The molecule has 0 aliphatic rings. The quantitative estimate of drug-likeness (QED) is 0.865. The Morgan fingerprint density at radius 1 is 1.05 bits per heavy atom. The van der Waals surface area contributed by atoms with Crippen molar-refractivity contribution in [1.82, 2.24) is 10.4 Å². The first-order valence-electron chi connectivity index (χ1n) is 6.62. The Morgan fingerprint density at radius 2 is 1.71 bits per heavy atom. The lowest BCUT2D eigenvalue weighted by Gasteiger charge is -2.35. The molecule has 2 amide bonds. The predicted molar refractivity (Wildman–Crippen MR) is 84.1 cm³/mol. The fourth-order valence-corrected chi connectivity index (χ4v) is 2.42. The summed E-state index contributed by atoms with van der Waals surface area (Å²) in [5.41, 5.74) is 3.28. The minimum absolute atomic E-state index is 0.215. The second-order valence-electron chi connectivity index (χ2n) is 5.63. The smallest absolute Gasteiger partial charge is 0.267 e. The zero-order valence-corrected chi connectivity index (χ0v) is 13.1. The maximum atomic E-state index is 12.5. The molecule has 2 rings (SSSR count). The van der Waals surface area contributed by atoms with Gasteiger partial charge < -0.3 is 0 Å². The van der Waals surface area contributed by atoms with Crippen LogP contribution < -0.4 is 5.43 Å². The van der Waals surface area contributed by atoms with E-state index in [0.29, 0.717) is 11.1 Å². The molecule has 5 heteroatoms. The van der Waals surface area contributed by atoms with Crippen molar-refractivity contribution < 1.29 is 9.59 Å². The Labute approximate surface area is 128 Å². The van der Waals surface area contributed by atoms with Crippen molar-refractivity contribution in [1.29, 1.82) is 0 Å². The summed E-state index contributed by atoms with van der Waals surface area (Å²) in [6, 6.07) is 10.6. The van der Waals surface area contributed by atoms with Crippen molar-refractivity contribution in [3.63, 3.8) is 0 Å². The number of hydrogen-bond donors (Lipinski definition) is 1. The van der Waals surface area contributed by atoms with Crippen LogP contribution in [0.4, 0.5) is 0 Å². The summed E-state index contributed by atoms with van der Waals surface area (Å²) in [6.45, 7) is 5.63. The minimum Gasteiger partial charge on any atom is -0.267 e. The van der Waals surface area contributed by atoms with Crippen molar-refractivity contribution >= 4 is 23.2 Å². The molecule has 0 atom stereocenters. The Kier molecular flexibility index (Phi) is 4.43. The lowest BCUT2D eigenvalue weighted by atomic mass is 10.1. The Morgan fingerprint density at radius 3 is 2.24 bits per heavy atom. The number of benzene rings is 1. The van der Waals surface area contributed by atoms with Crippen LogP contribution in [0.1, 0.15) is 41.5 Å². The monoisotopic (exact) mass is 302 g/mol. The van der Waals surface area contributed by atoms with Crippen LogP contribution in [0.5, 0.6) is 0 Å². The first kappa shape index (κ1) is 15.3. The first-order chi connectivity index (χ1) is 9.89. The van der Waals surface area contributed by atoms with Gasteiger partial charge in [-0.15, -0.1) is 0 Å². The molecule has 1 heterocycles. The van der Waals surface area contributed by atoms with Gasteiger partial charge >= 0.3 is 0 Å². The molecule has 1 aromatic heterocycles. The van der Waals surface area contributed by atoms with Crippen LogP contribution >= 0.6 is 11.3 Å². The molecular formula is C16H18N2O2S. The van der Waals surface area contributed by atoms with E-state index in [1.807, 2.05) is 32.2 Å². The van der Waals surface area contributed by atoms with Crippen molar-refractivity contribution in [3.05, 3.63) is 58.3 Å². The number of hydrogen-bond acceptors (Lipinski definition) is 3. The van der Waals surface area contributed by atoms with E-state index in [4.69, 9.17) is 0 Å². The van der Waals surface area contributed by atoms with E-state index in [0.717, 1.165) is 0 Å². The maximum absolute atomic E-state index is 12.5. The number of nitrogens with one attached hydrogen (secondary N) is 1. The summed E-state index contributed by atoms with van der Waals surface area (Å²) in [7, 11) is 0. The van der Waals surface area contributed by atoms with Gasteiger partial charge in [-0.2, -0.15) is 11.3 Å². The van der Waals surface area contributed by atoms with Gasteiger partial charge in [0.05, 0.1) is 11.1 Å². The Hall–Kier alpha value is -2.14. The van der Waals surface area contributed by atoms with Crippen LogP contribution in [0, 0.1) is 0 Å². The van der Waals surface area contributed by atoms with Crippen LogP contribution in [-0.2, 0) is 0 Å². The molecule has 0 bridgehead atoms. The number of nitrogens with zero attached hydrogens (tertiary/aromatic N) is 1. The summed E-state index contributed by atoms with van der Waals surface area (Å²) in [5.74, 6) is -0.512. The van der Waals surface area contributed by atoms with Gasteiger partial charge in [0.15, 0.2) is 0 Å². The second kappa shape index (κ2) is 6.10. The second-order valence-corrected chi connectivity index (χ2v) is 6.41. The zero-order chi connectivity index (χ0) is 15.5. The van der Waals surface area contributed by atoms with Crippen LogP contribution in [0.3, 0.4) is 0 Å². The van der Waals surface area contributed by atoms with Gasteiger partial charge in [0.25, 0.3) is 11.8 Å². The summed E-state index contributed by atoms with van der Waals surface area (Å²) in [6.07, 6.45) is 0. The third kappa shape index (κ3) is 3.70. The third-order valence-electron chi connectivity index (χ3n) is 2.89. The number of thiophene rings is 1. The highest BCUT2D eigenvalue weighted by Gasteiger charge is 2.29. The van der Waals surface area contributed by atoms with Gasteiger partial charge in [-0.05, 0) is 44.4 Å². The molecule has 1 N–H and O–H groups in total. The normalized spacial score (nSPS) is 11.0. The molecule has 0 radical (unpaired) electrons. The SMILES string of the molecule is CC(C)(C)N(NC(=O)c1ccccc1)C(=O)c1ccsc1. The number of rotatable bonds is 2. The largest absolute Gasteiger partial charge is 0.273 e. The lowest BCUT2D eigenvalue weighted by Crippen LogP contribution is -2.55. The topological polar surface area (TPSA) is 49.4 Å². The highest BCUT2D eigenvalue weighted by atomic mass is 32.1. The van der Waals surface area contributed by atoms with Crippen molar-refractivity contribution in [2.45, 2.75) is 26.3 Å². The molecule has 0 saturated carbocycles. The summed E-state index contributed by atoms with van der Waals surface area (Å²) < 4.78 is 0. The van der Waals surface area contributed by atoms with Crippen LogP contribution in [0.25, 0.3) is 0 Å². The van der Waals surface area contributed by atoms with Crippen LogP contribution in [-0.4, -0.2) is 22.4 Å².